The second kappa shape index (κ2) is 14.8. The maximum atomic E-state index is 12.5. The van der Waals surface area contributed by atoms with Gasteiger partial charge >= 0.3 is 12.1 Å². The van der Waals surface area contributed by atoms with Gasteiger partial charge in [-0.1, -0.05) is 12.1 Å². The molecule has 3 rings (SSSR count). The maximum Gasteiger partial charge on any atom is 0.490 e. The second-order valence-corrected chi connectivity index (χ2v) is 8.51. The predicted molar refractivity (Wildman–Crippen MR) is 133 cm³/mol. The van der Waals surface area contributed by atoms with Gasteiger partial charge in [0.2, 0.25) is 0 Å². The molecule has 0 aromatic heterocycles. The number of methoxy groups -OCH3 is 2. The van der Waals surface area contributed by atoms with Crippen molar-refractivity contribution in [3.05, 3.63) is 59.2 Å². The highest BCUT2D eigenvalue weighted by atomic mass is 19.4. The summed E-state index contributed by atoms with van der Waals surface area (Å²) in [5.74, 6) is -1.37. The lowest BCUT2D eigenvalue weighted by molar-refractivity contribution is -0.192. The number of nitrogens with one attached hydrogen (secondary N) is 3. The smallest absolute Gasteiger partial charge is 0.490 e. The van der Waals surface area contributed by atoms with Crippen LogP contribution in [0.5, 0.6) is 11.5 Å². The number of alkyl halides is 3. The topological polar surface area (TPSA) is 126 Å². The highest BCUT2D eigenvalue weighted by molar-refractivity contribution is 5.95. The number of carbonyl (C=O) groups excluding carboxylic acids is 2. The second-order valence-electron chi connectivity index (χ2n) is 8.51. The summed E-state index contributed by atoms with van der Waals surface area (Å²) in [5, 5.41) is 16.4. The van der Waals surface area contributed by atoms with E-state index < -0.39 is 12.1 Å². The molecule has 1 unspecified atom stereocenters. The van der Waals surface area contributed by atoms with Gasteiger partial charge in [0.05, 0.1) is 14.2 Å². The molecule has 1 aliphatic heterocycles. The molecule has 2 aromatic rings. The van der Waals surface area contributed by atoms with Gasteiger partial charge in [-0.2, -0.15) is 13.2 Å². The number of hydrogen-bond donors (Lipinski definition) is 4. The van der Waals surface area contributed by atoms with Crippen LogP contribution in [0, 0.1) is 5.92 Å². The molecule has 1 heterocycles. The van der Waals surface area contributed by atoms with Crippen LogP contribution in [0.1, 0.15) is 45.5 Å². The van der Waals surface area contributed by atoms with Gasteiger partial charge in [-0.05, 0) is 74.2 Å². The van der Waals surface area contributed by atoms with E-state index >= 15 is 0 Å². The molecule has 0 radical (unpaired) electrons. The summed E-state index contributed by atoms with van der Waals surface area (Å²) in [4.78, 5) is 33.9. The zero-order valence-electron chi connectivity index (χ0n) is 21.2. The Morgan fingerprint density at radius 1 is 1.00 bits per heavy atom. The summed E-state index contributed by atoms with van der Waals surface area (Å²) in [6.45, 7) is 3.12. The highest BCUT2D eigenvalue weighted by Crippen LogP contribution is 2.27. The van der Waals surface area contributed by atoms with Crippen molar-refractivity contribution in [2.75, 3.05) is 33.9 Å². The molecule has 1 saturated heterocycles. The minimum absolute atomic E-state index is 0.0863. The first-order valence-corrected chi connectivity index (χ1v) is 11.9. The lowest BCUT2D eigenvalue weighted by Gasteiger charge is -2.22. The molecule has 2 amide bonds. The van der Waals surface area contributed by atoms with Gasteiger partial charge < -0.3 is 30.5 Å². The zero-order valence-corrected chi connectivity index (χ0v) is 21.2. The normalized spacial score (nSPS) is 14.9. The molecule has 9 nitrogen and oxygen atoms in total. The number of carboxylic acids is 1. The van der Waals surface area contributed by atoms with Crippen LogP contribution in [0.25, 0.3) is 0 Å². The zero-order chi connectivity index (χ0) is 28.1. The standard InChI is InChI=1S/C24H31N3O4.C2HF3O2/c1-30-21-9-8-20(14-22(21)31-2)24(29)27-16-18-5-3-7-19(13-18)23(28)26-12-10-17-6-4-11-25-15-17;3-2(4,5)1(6)7/h3,5,7-9,13-14,17,25H,4,6,10-12,15-16H2,1-2H3,(H,26,28)(H,27,29);(H,6,7). The molecule has 0 saturated carbocycles. The monoisotopic (exact) mass is 539 g/mol. The van der Waals surface area contributed by atoms with Crippen molar-refractivity contribution in [1.29, 1.82) is 0 Å². The summed E-state index contributed by atoms with van der Waals surface area (Å²) in [6, 6.07) is 12.3. The quantitative estimate of drug-likeness (QED) is 0.385. The SMILES string of the molecule is COc1ccc(C(=O)NCc2cccc(C(=O)NCCC3CCCNC3)c2)cc1OC.O=C(O)C(F)(F)F. The number of piperidine rings is 1. The van der Waals surface area contributed by atoms with Gasteiger partial charge in [-0.25, -0.2) is 4.79 Å². The Bertz CT molecular complexity index is 1090. The highest BCUT2D eigenvalue weighted by Gasteiger charge is 2.38. The van der Waals surface area contributed by atoms with Crippen LogP contribution < -0.4 is 25.4 Å². The molecule has 0 spiro atoms. The Labute approximate surface area is 218 Å². The van der Waals surface area contributed by atoms with Gasteiger partial charge in [0, 0.05) is 24.2 Å². The van der Waals surface area contributed by atoms with Gasteiger partial charge in [-0.15, -0.1) is 0 Å². The van der Waals surface area contributed by atoms with Crippen molar-refractivity contribution in [1.82, 2.24) is 16.0 Å². The number of amides is 2. The van der Waals surface area contributed by atoms with Gasteiger partial charge in [0.15, 0.2) is 11.5 Å². The molecule has 0 aliphatic carbocycles. The van der Waals surface area contributed by atoms with Crippen LogP contribution in [0.3, 0.4) is 0 Å². The van der Waals surface area contributed by atoms with Gasteiger partial charge in [0.25, 0.3) is 11.8 Å². The predicted octanol–water partition coefficient (Wildman–Crippen LogP) is 3.39. The number of carboxylic acid groups (broad SMARTS) is 1. The van der Waals surface area contributed by atoms with Crippen molar-refractivity contribution in [3.63, 3.8) is 0 Å². The molecule has 38 heavy (non-hydrogen) atoms. The lowest BCUT2D eigenvalue weighted by atomic mass is 9.96. The Hall–Kier alpha value is -3.80. The number of benzene rings is 2. The van der Waals surface area contributed by atoms with E-state index in [0.29, 0.717) is 41.6 Å². The van der Waals surface area contributed by atoms with E-state index in [0.717, 1.165) is 25.1 Å². The molecular formula is C26H32F3N3O6. The van der Waals surface area contributed by atoms with E-state index in [4.69, 9.17) is 19.4 Å². The van der Waals surface area contributed by atoms with Crippen LogP contribution in [-0.2, 0) is 11.3 Å². The first-order chi connectivity index (χ1) is 18.0. The average molecular weight is 540 g/mol. The fourth-order valence-corrected chi connectivity index (χ4v) is 3.75. The molecule has 1 fully saturated rings. The third-order valence-corrected chi connectivity index (χ3v) is 5.77. The summed E-state index contributed by atoms with van der Waals surface area (Å²) < 4.78 is 42.2. The number of hydrogen-bond acceptors (Lipinski definition) is 6. The van der Waals surface area contributed by atoms with Crippen LogP contribution in [0.15, 0.2) is 42.5 Å². The van der Waals surface area contributed by atoms with Crippen molar-refractivity contribution in [2.24, 2.45) is 5.92 Å². The molecule has 208 valence electrons. The number of halogens is 3. The first kappa shape index (κ1) is 30.4. The minimum atomic E-state index is -5.08. The fraction of sp³-hybridized carbons (Fsp3) is 0.423. The average Bonchev–Trinajstić information content (AvgIpc) is 2.91. The largest absolute Gasteiger partial charge is 0.493 e. The van der Waals surface area contributed by atoms with E-state index in [1.165, 1.54) is 20.0 Å². The van der Waals surface area contributed by atoms with Crippen LogP contribution in [0.2, 0.25) is 0 Å². The Morgan fingerprint density at radius 3 is 2.26 bits per heavy atom. The Kier molecular flexibility index (Phi) is 11.9. The molecule has 12 heteroatoms. The maximum absolute atomic E-state index is 12.5. The van der Waals surface area contributed by atoms with Crippen molar-refractivity contribution >= 4 is 17.8 Å². The molecule has 4 N–H and O–H groups in total. The third kappa shape index (κ3) is 9.92. The van der Waals surface area contributed by atoms with Crippen molar-refractivity contribution in [2.45, 2.75) is 32.0 Å². The van der Waals surface area contributed by atoms with Crippen LogP contribution in [-0.4, -0.2) is 62.9 Å². The molecule has 0 bridgehead atoms. The summed E-state index contributed by atoms with van der Waals surface area (Å²) >= 11 is 0. The Balaban J connectivity index is 0.000000638. The van der Waals surface area contributed by atoms with Crippen LogP contribution >= 0.6 is 0 Å². The van der Waals surface area contributed by atoms with Gasteiger partial charge in [-0.3, -0.25) is 9.59 Å². The fourth-order valence-electron chi connectivity index (χ4n) is 3.75. The van der Waals surface area contributed by atoms with E-state index in [2.05, 4.69) is 16.0 Å². The van der Waals surface area contributed by atoms with E-state index in [1.54, 1.807) is 31.4 Å². The number of rotatable bonds is 9. The molecule has 2 aromatic carbocycles. The number of carbonyl (C=O) groups is 3. The van der Waals surface area contributed by atoms with Crippen molar-refractivity contribution in [3.8, 4) is 11.5 Å². The van der Waals surface area contributed by atoms with E-state index in [9.17, 15) is 22.8 Å². The van der Waals surface area contributed by atoms with Gasteiger partial charge in [0.1, 0.15) is 0 Å². The molecule has 1 atom stereocenters. The summed E-state index contributed by atoms with van der Waals surface area (Å²) in [7, 11) is 3.08. The number of ether oxygens (including phenoxy) is 2. The lowest BCUT2D eigenvalue weighted by Crippen LogP contribution is -2.33. The third-order valence-electron chi connectivity index (χ3n) is 5.77. The molecular weight excluding hydrogens is 507 g/mol. The van der Waals surface area contributed by atoms with Crippen LogP contribution in [0.4, 0.5) is 13.2 Å². The molecule has 1 aliphatic rings. The number of aliphatic carboxylic acids is 1. The Morgan fingerprint density at radius 2 is 1.66 bits per heavy atom. The summed E-state index contributed by atoms with van der Waals surface area (Å²) in [5.41, 5.74) is 1.93. The summed E-state index contributed by atoms with van der Waals surface area (Å²) in [6.07, 6.45) is -1.67. The van der Waals surface area contributed by atoms with E-state index in [-0.39, 0.29) is 11.8 Å². The van der Waals surface area contributed by atoms with E-state index in [1.807, 2.05) is 18.2 Å². The minimum Gasteiger partial charge on any atom is -0.493 e. The van der Waals surface area contributed by atoms with Crippen molar-refractivity contribution < 1.29 is 42.1 Å². The first-order valence-electron chi connectivity index (χ1n) is 11.9.